The Morgan fingerprint density at radius 1 is 0.725 bits per heavy atom. The van der Waals surface area contributed by atoms with Crippen LogP contribution in [0.25, 0.3) is 0 Å². The monoisotopic (exact) mass is 556 g/mol. The van der Waals surface area contributed by atoms with Crippen LogP contribution in [0.15, 0.2) is 57.8 Å². The molecule has 2 heterocycles. The lowest BCUT2D eigenvalue weighted by Crippen LogP contribution is -2.23. The van der Waals surface area contributed by atoms with Gasteiger partial charge in [0.2, 0.25) is 0 Å². The number of aromatic nitrogens is 2. The third-order valence-electron chi connectivity index (χ3n) is 5.83. The minimum atomic E-state index is -4.62. The lowest BCUT2D eigenvalue weighted by molar-refractivity contribution is -0.0925. The zero-order valence-corrected chi connectivity index (χ0v) is 25.1. The Kier molecular flexibility index (Phi) is 10.1. The molecular weight excluding hydrogens is 513 g/mol. The van der Waals surface area contributed by atoms with Crippen LogP contribution >= 0.6 is 0 Å². The summed E-state index contributed by atoms with van der Waals surface area (Å²) in [5.41, 5.74) is 13.1. The molecule has 40 heavy (non-hydrogen) atoms. The standard InChI is InChI=1S/C31H43F3N6/c1-20(35)10-12-37-26-16-21(18-28(2,3)4)14-24(39-26)30(8,9)25-15-22(19-29(5,6)7)17-27(40-25)38-13-11-23(36)31(32,33)34/h10-17H,18-19,35-36H2,1-9H3. The van der Waals surface area contributed by atoms with E-state index in [2.05, 4.69) is 57.6 Å². The SMILES string of the molecule is CC(N)=CC=Nc1cc(CC(C)(C)C)cc(C(C)(C)c2cc(CC(C)(C)C)cc(N=CC=C(N)C(F)(F)F)n2)n1. The number of hydrogen-bond acceptors (Lipinski definition) is 6. The summed E-state index contributed by atoms with van der Waals surface area (Å²) in [5, 5.41) is 0. The van der Waals surface area contributed by atoms with E-state index in [-0.39, 0.29) is 10.8 Å². The number of aliphatic imine (C=N–C) groups is 2. The van der Waals surface area contributed by atoms with Crippen molar-refractivity contribution < 1.29 is 13.2 Å². The van der Waals surface area contributed by atoms with Gasteiger partial charge in [0, 0.05) is 23.5 Å². The van der Waals surface area contributed by atoms with Gasteiger partial charge in [0.25, 0.3) is 0 Å². The second-order valence-electron chi connectivity index (χ2n) is 13.1. The molecule has 2 aromatic heterocycles. The number of alkyl halides is 3. The van der Waals surface area contributed by atoms with Crippen molar-refractivity contribution in [3.63, 3.8) is 0 Å². The predicted molar refractivity (Wildman–Crippen MR) is 159 cm³/mol. The number of pyridine rings is 2. The molecule has 0 spiro atoms. The van der Waals surface area contributed by atoms with E-state index >= 15 is 0 Å². The molecule has 0 fully saturated rings. The highest BCUT2D eigenvalue weighted by Gasteiger charge is 2.31. The Morgan fingerprint density at radius 3 is 1.48 bits per heavy atom. The van der Waals surface area contributed by atoms with Crippen molar-refractivity contribution >= 4 is 24.1 Å². The molecule has 0 saturated heterocycles. The number of halogens is 3. The highest BCUT2D eigenvalue weighted by Crippen LogP contribution is 2.35. The Morgan fingerprint density at radius 2 is 1.12 bits per heavy atom. The lowest BCUT2D eigenvalue weighted by Gasteiger charge is -2.27. The van der Waals surface area contributed by atoms with E-state index in [1.807, 2.05) is 26.0 Å². The van der Waals surface area contributed by atoms with Gasteiger partial charge in [-0.15, -0.1) is 0 Å². The largest absolute Gasteiger partial charge is 0.430 e. The summed E-state index contributed by atoms with van der Waals surface area (Å²) in [4.78, 5) is 18.3. The van der Waals surface area contributed by atoms with Gasteiger partial charge < -0.3 is 11.5 Å². The zero-order valence-electron chi connectivity index (χ0n) is 25.1. The zero-order chi connectivity index (χ0) is 30.5. The van der Waals surface area contributed by atoms with Gasteiger partial charge in [-0.05, 0) is 92.0 Å². The fraction of sp³-hybridized carbons (Fsp3) is 0.484. The van der Waals surface area contributed by atoms with Crippen molar-refractivity contribution in [1.82, 2.24) is 9.97 Å². The van der Waals surface area contributed by atoms with Gasteiger partial charge in [0.15, 0.2) is 11.6 Å². The highest BCUT2D eigenvalue weighted by atomic mass is 19.4. The summed E-state index contributed by atoms with van der Waals surface area (Å²) < 4.78 is 38.5. The van der Waals surface area contributed by atoms with E-state index in [0.717, 1.165) is 42.0 Å². The number of nitrogens with zero attached hydrogens (tertiary/aromatic N) is 4. The van der Waals surface area contributed by atoms with Crippen molar-refractivity contribution in [2.24, 2.45) is 32.3 Å². The highest BCUT2D eigenvalue weighted by molar-refractivity contribution is 5.75. The molecule has 0 bridgehead atoms. The molecular formula is C31H43F3N6. The molecule has 0 radical (unpaired) electrons. The van der Waals surface area contributed by atoms with Gasteiger partial charge >= 0.3 is 6.18 Å². The molecule has 0 unspecified atom stereocenters. The van der Waals surface area contributed by atoms with Crippen LogP contribution in [-0.4, -0.2) is 28.6 Å². The summed E-state index contributed by atoms with van der Waals surface area (Å²) in [6, 6.07) is 7.85. The van der Waals surface area contributed by atoms with Gasteiger partial charge in [-0.2, -0.15) is 13.2 Å². The number of nitrogens with two attached hydrogens (primary N) is 2. The summed E-state index contributed by atoms with van der Waals surface area (Å²) in [5.74, 6) is 0.850. The van der Waals surface area contributed by atoms with E-state index in [9.17, 15) is 13.2 Å². The summed E-state index contributed by atoms with van der Waals surface area (Å²) in [7, 11) is 0. The number of hydrogen-bond donors (Lipinski definition) is 2. The third-order valence-corrected chi connectivity index (χ3v) is 5.83. The first-order chi connectivity index (χ1) is 18.2. The Balaban J connectivity index is 2.69. The van der Waals surface area contributed by atoms with Crippen LogP contribution in [0.5, 0.6) is 0 Å². The third kappa shape index (κ3) is 10.6. The fourth-order valence-electron chi connectivity index (χ4n) is 3.99. The van der Waals surface area contributed by atoms with Crippen molar-refractivity contribution in [1.29, 1.82) is 0 Å². The molecule has 0 saturated carbocycles. The van der Waals surface area contributed by atoms with Gasteiger partial charge in [0.05, 0.1) is 11.4 Å². The molecule has 0 amide bonds. The Bertz CT molecular complexity index is 1300. The topological polar surface area (TPSA) is 103 Å². The average Bonchev–Trinajstić information content (AvgIpc) is 2.75. The van der Waals surface area contributed by atoms with E-state index in [1.165, 1.54) is 0 Å². The van der Waals surface area contributed by atoms with Gasteiger partial charge in [-0.3, -0.25) is 0 Å². The van der Waals surface area contributed by atoms with Crippen LogP contribution in [0.1, 0.15) is 84.8 Å². The van der Waals surface area contributed by atoms with Gasteiger partial charge in [0.1, 0.15) is 5.70 Å². The van der Waals surface area contributed by atoms with Crippen LogP contribution in [0.3, 0.4) is 0 Å². The fourth-order valence-corrected chi connectivity index (χ4v) is 3.99. The molecule has 0 aliphatic heterocycles. The van der Waals surface area contributed by atoms with Crippen LogP contribution in [0, 0.1) is 10.8 Å². The number of allylic oxidation sites excluding steroid dienone is 4. The molecule has 0 aliphatic rings. The quantitative estimate of drug-likeness (QED) is 0.326. The van der Waals surface area contributed by atoms with E-state index in [1.54, 1.807) is 25.3 Å². The first kappa shape index (κ1) is 32.7. The second kappa shape index (κ2) is 12.4. The maximum absolute atomic E-state index is 12.8. The van der Waals surface area contributed by atoms with Crippen molar-refractivity contribution in [3.8, 4) is 0 Å². The van der Waals surface area contributed by atoms with Gasteiger partial charge in [-0.1, -0.05) is 41.5 Å². The van der Waals surface area contributed by atoms with Gasteiger partial charge in [-0.25, -0.2) is 20.0 Å². The summed E-state index contributed by atoms with van der Waals surface area (Å²) in [6.45, 7) is 18.7. The number of rotatable bonds is 8. The molecule has 2 aromatic rings. The van der Waals surface area contributed by atoms with Crippen molar-refractivity contribution in [3.05, 3.63) is 70.3 Å². The molecule has 0 aromatic carbocycles. The van der Waals surface area contributed by atoms with Crippen molar-refractivity contribution in [2.45, 2.75) is 86.7 Å². The average molecular weight is 557 g/mol. The Labute approximate surface area is 236 Å². The van der Waals surface area contributed by atoms with Crippen LogP contribution < -0.4 is 11.5 Å². The maximum atomic E-state index is 12.8. The Hall–Kier alpha value is -3.49. The van der Waals surface area contributed by atoms with Crippen molar-refractivity contribution in [2.75, 3.05) is 0 Å². The smallest absolute Gasteiger partial charge is 0.402 e. The summed E-state index contributed by atoms with van der Waals surface area (Å²) in [6.07, 6.45) is 2.03. The maximum Gasteiger partial charge on any atom is 0.430 e. The first-order valence-electron chi connectivity index (χ1n) is 13.2. The minimum absolute atomic E-state index is 0.0359. The molecule has 6 nitrogen and oxygen atoms in total. The normalized spacial score (nSPS) is 14.5. The molecule has 9 heteroatoms. The molecule has 4 N–H and O–H groups in total. The van der Waals surface area contributed by atoms with E-state index in [0.29, 0.717) is 23.0 Å². The lowest BCUT2D eigenvalue weighted by atomic mass is 9.80. The van der Waals surface area contributed by atoms with Crippen LogP contribution in [0.2, 0.25) is 0 Å². The molecule has 0 aliphatic carbocycles. The minimum Gasteiger partial charge on any atom is -0.402 e. The second-order valence-corrected chi connectivity index (χ2v) is 13.1. The van der Waals surface area contributed by atoms with E-state index in [4.69, 9.17) is 21.4 Å². The van der Waals surface area contributed by atoms with Crippen LogP contribution in [0.4, 0.5) is 24.8 Å². The van der Waals surface area contributed by atoms with Crippen LogP contribution in [-0.2, 0) is 18.3 Å². The predicted octanol–water partition coefficient (Wildman–Crippen LogP) is 7.65. The molecule has 0 atom stereocenters. The van der Waals surface area contributed by atoms with E-state index < -0.39 is 17.3 Å². The molecule has 2 rings (SSSR count). The first-order valence-corrected chi connectivity index (χ1v) is 13.2. The summed E-state index contributed by atoms with van der Waals surface area (Å²) >= 11 is 0. The molecule has 218 valence electrons.